The summed E-state index contributed by atoms with van der Waals surface area (Å²) in [6, 6.07) is 1.70. The first-order valence-electron chi connectivity index (χ1n) is 2.50. The van der Waals surface area contributed by atoms with Gasteiger partial charge < -0.3 is 4.98 Å². The van der Waals surface area contributed by atoms with Crippen LogP contribution in [0.2, 0.25) is 0 Å². The third kappa shape index (κ3) is 2.96. The van der Waals surface area contributed by atoms with Gasteiger partial charge in [-0.15, -0.1) is 12.1 Å². The van der Waals surface area contributed by atoms with Gasteiger partial charge in [0.1, 0.15) is 0 Å². The molecule has 0 aliphatic rings. The van der Waals surface area contributed by atoms with Crippen molar-refractivity contribution in [3.05, 3.63) is 30.1 Å². The Labute approximate surface area is 73.8 Å². The molecule has 1 aromatic rings. The SMILES string of the molecule is FC(F)(F)c1c[c-]ncc1.[Li+]. The quantitative estimate of drug-likeness (QED) is 0.340. The third-order valence-corrected chi connectivity index (χ3v) is 0.951. The van der Waals surface area contributed by atoms with Gasteiger partial charge in [-0.25, -0.2) is 0 Å². The number of aromatic nitrogens is 1. The largest absolute Gasteiger partial charge is 1.00 e. The molecule has 0 spiro atoms. The number of hydrogen-bond acceptors (Lipinski definition) is 1. The van der Waals surface area contributed by atoms with Crippen molar-refractivity contribution in [1.82, 2.24) is 4.98 Å². The van der Waals surface area contributed by atoms with Crippen LogP contribution in [-0.4, -0.2) is 4.98 Å². The van der Waals surface area contributed by atoms with Crippen LogP contribution in [0.4, 0.5) is 13.2 Å². The minimum Gasteiger partial charge on any atom is -0.394 e. The summed E-state index contributed by atoms with van der Waals surface area (Å²) in [7, 11) is 0. The molecular weight excluding hydrogens is 150 g/mol. The Morgan fingerprint density at radius 2 is 2.00 bits per heavy atom. The molecule has 0 radical (unpaired) electrons. The zero-order valence-corrected chi connectivity index (χ0v) is 5.81. The predicted molar refractivity (Wildman–Crippen MR) is 28.1 cm³/mol. The van der Waals surface area contributed by atoms with Crippen LogP contribution in [0.25, 0.3) is 0 Å². The molecule has 0 aliphatic carbocycles. The topological polar surface area (TPSA) is 12.9 Å². The standard InChI is InChI=1S/C6H3F3N.Li/c7-6(8,9)5-1-3-10-4-2-5;/h1-3H;/q-1;+1. The number of rotatable bonds is 0. The van der Waals surface area contributed by atoms with Crippen LogP contribution in [0.5, 0.6) is 0 Å². The second-order valence-electron chi connectivity index (χ2n) is 1.67. The number of alkyl halides is 3. The first kappa shape index (κ1) is 10.5. The Hall–Kier alpha value is -0.463. The minimum absolute atomic E-state index is 0. The van der Waals surface area contributed by atoms with Crippen molar-refractivity contribution in [1.29, 1.82) is 0 Å². The van der Waals surface area contributed by atoms with Crippen molar-refractivity contribution in [2.45, 2.75) is 6.18 Å². The fraction of sp³-hybridized carbons (Fsp3) is 0.167. The summed E-state index contributed by atoms with van der Waals surface area (Å²) in [6.45, 7) is 0. The summed E-state index contributed by atoms with van der Waals surface area (Å²) in [5.74, 6) is 0. The fourth-order valence-electron chi connectivity index (χ4n) is 0.492. The molecule has 1 heterocycles. The molecule has 0 amide bonds. The Morgan fingerprint density at radius 1 is 1.36 bits per heavy atom. The molecule has 1 aromatic heterocycles. The second kappa shape index (κ2) is 3.79. The van der Waals surface area contributed by atoms with Crippen molar-refractivity contribution in [2.75, 3.05) is 0 Å². The van der Waals surface area contributed by atoms with Crippen molar-refractivity contribution in [3.8, 4) is 0 Å². The van der Waals surface area contributed by atoms with E-state index in [4.69, 9.17) is 0 Å². The molecule has 0 atom stereocenters. The van der Waals surface area contributed by atoms with Gasteiger partial charge in [-0.05, 0) is 0 Å². The maximum absolute atomic E-state index is 11.7. The average molecular weight is 153 g/mol. The molecule has 54 valence electrons. The normalized spacial score (nSPS) is 10.5. The third-order valence-electron chi connectivity index (χ3n) is 0.951. The van der Waals surface area contributed by atoms with E-state index >= 15 is 0 Å². The van der Waals surface area contributed by atoms with Crippen LogP contribution in [0.3, 0.4) is 0 Å². The van der Waals surface area contributed by atoms with E-state index in [1.165, 1.54) is 0 Å². The van der Waals surface area contributed by atoms with Crippen LogP contribution in [0.15, 0.2) is 18.3 Å². The summed E-state index contributed by atoms with van der Waals surface area (Å²) in [5.41, 5.74) is -0.720. The van der Waals surface area contributed by atoms with Gasteiger partial charge in [0.15, 0.2) is 0 Å². The van der Waals surface area contributed by atoms with Crippen LogP contribution in [0, 0.1) is 6.20 Å². The first-order valence-corrected chi connectivity index (χ1v) is 2.50. The van der Waals surface area contributed by atoms with Crippen molar-refractivity contribution < 1.29 is 32.0 Å². The van der Waals surface area contributed by atoms with Gasteiger partial charge >= 0.3 is 25.0 Å². The van der Waals surface area contributed by atoms with E-state index < -0.39 is 11.7 Å². The van der Waals surface area contributed by atoms with Crippen molar-refractivity contribution in [3.63, 3.8) is 0 Å². The summed E-state index contributed by atoms with van der Waals surface area (Å²) in [6.07, 6.45) is -1.12. The molecule has 0 saturated heterocycles. The van der Waals surface area contributed by atoms with E-state index in [9.17, 15) is 13.2 Å². The summed E-state index contributed by atoms with van der Waals surface area (Å²) >= 11 is 0. The Kier molecular flexibility index (Phi) is 3.63. The maximum atomic E-state index is 11.7. The fourth-order valence-corrected chi connectivity index (χ4v) is 0.492. The van der Waals surface area contributed by atoms with Gasteiger partial charge in [0, 0.05) is 0 Å². The van der Waals surface area contributed by atoms with Crippen LogP contribution >= 0.6 is 0 Å². The van der Waals surface area contributed by atoms with Gasteiger partial charge in [-0.1, -0.05) is 18.0 Å². The summed E-state index contributed by atoms with van der Waals surface area (Å²) in [5, 5.41) is 0. The molecule has 1 nitrogen and oxygen atoms in total. The number of pyridine rings is 1. The number of nitrogens with zero attached hydrogens (tertiary/aromatic N) is 1. The molecule has 0 saturated carbocycles. The van der Waals surface area contributed by atoms with Gasteiger partial charge in [-0.2, -0.15) is 13.2 Å². The van der Waals surface area contributed by atoms with Crippen LogP contribution in [-0.2, 0) is 6.18 Å². The van der Waals surface area contributed by atoms with E-state index in [0.29, 0.717) is 0 Å². The first-order chi connectivity index (χ1) is 4.61. The molecular formula is C6H3F3LiN. The molecule has 0 aromatic carbocycles. The summed E-state index contributed by atoms with van der Waals surface area (Å²) in [4.78, 5) is 3.33. The molecule has 0 N–H and O–H groups in total. The van der Waals surface area contributed by atoms with Gasteiger partial charge in [0.2, 0.25) is 0 Å². The van der Waals surface area contributed by atoms with Crippen molar-refractivity contribution in [2.24, 2.45) is 0 Å². The van der Waals surface area contributed by atoms with Crippen LogP contribution < -0.4 is 18.9 Å². The maximum Gasteiger partial charge on any atom is 1.00 e. The molecule has 0 unspecified atom stereocenters. The zero-order chi connectivity index (χ0) is 7.61. The minimum atomic E-state index is -4.28. The van der Waals surface area contributed by atoms with Gasteiger partial charge in [0.05, 0.1) is 0 Å². The van der Waals surface area contributed by atoms with Crippen molar-refractivity contribution >= 4 is 0 Å². The molecule has 1 rings (SSSR count). The second-order valence-corrected chi connectivity index (χ2v) is 1.67. The Balaban J connectivity index is 0.000001000. The van der Waals surface area contributed by atoms with Gasteiger partial charge in [-0.3, -0.25) is 0 Å². The van der Waals surface area contributed by atoms with E-state index in [-0.39, 0.29) is 18.9 Å². The summed E-state index contributed by atoms with van der Waals surface area (Å²) < 4.78 is 35.2. The molecule has 0 fully saturated rings. The number of halogens is 3. The Morgan fingerprint density at radius 3 is 2.27 bits per heavy atom. The monoisotopic (exact) mass is 153 g/mol. The van der Waals surface area contributed by atoms with Crippen LogP contribution in [0.1, 0.15) is 5.56 Å². The molecule has 0 aliphatic heterocycles. The zero-order valence-electron chi connectivity index (χ0n) is 5.81. The number of hydrogen-bond donors (Lipinski definition) is 0. The predicted octanol–water partition coefficient (Wildman–Crippen LogP) is -1.10. The van der Waals surface area contributed by atoms with E-state index in [1.807, 2.05) is 0 Å². The molecule has 5 heteroatoms. The average Bonchev–Trinajstić information content (AvgIpc) is 1.88. The molecule has 11 heavy (non-hydrogen) atoms. The van der Waals surface area contributed by atoms with E-state index in [2.05, 4.69) is 11.2 Å². The van der Waals surface area contributed by atoms with E-state index in [0.717, 1.165) is 18.3 Å². The molecule has 0 bridgehead atoms. The smallest absolute Gasteiger partial charge is 0.394 e. The Bertz CT molecular complexity index is 209. The van der Waals surface area contributed by atoms with E-state index in [1.54, 1.807) is 0 Å². The van der Waals surface area contributed by atoms with Gasteiger partial charge in [0.25, 0.3) is 0 Å².